The maximum absolute atomic E-state index is 13.1. The van der Waals surface area contributed by atoms with Crippen LogP contribution in [-0.4, -0.2) is 32.6 Å². The fourth-order valence-corrected chi connectivity index (χ4v) is 2.32. The molecule has 1 heterocycles. The lowest BCUT2D eigenvalue weighted by Crippen LogP contribution is -2.33. The Morgan fingerprint density at radius 2 is 2.33 bits per heavy atom. The number of hydrogen-bond acceptors (Lipinski definition) is 3. The number of hydrogen-bond donors (Lipinski definition) is 0. The molecule has 1 atom stereocenters. The van der Waals surface area contributed by atoms with Gasteiger partial charge in [0.2, 0.25) is 0 Å². The van der Waals surface area contributed by atoms with Crippen molar-refractivity contribution >= 4 is 12.0 Å². The van der Waals surface area contributed by atoms with Crippen LogP contribution in [0, 0.1) is 5.82 Å². The molecule has 1 unspecified atom stereocenters. The maximum Gasteiger partial charge on any atom is 0.152 e. The van der Waals surface area contributed by atoms with Gasteiger partial charge in [0, 0.05) is 31.5 Å². The zero-order valence-electron chi connectivity index (χ0n) is 10.6. The number of aldehydes is 1. The topological polar surface area (TPSA) is 29.5 Å². The number of rotatable bonds is 4. The molecule has 1 aromatic carbocycles. The number of likely N-dealkylation sites (N-methyl/N-ethyl adjacent to an activating group) is 1. The van der Waals surface area contributed by atoms with Gasteiger partial charge < -0.3 is 9.64 Å². The SMILES string of the molecule is CN(CC1CCCCO1)c1ccc(F)cc1C=O. The normalized spacial score (nSPS) is 19.6. The van der Waals surface area contributed by atoms with E-state index in [1.807, 2.05) is 11.9 Å². The lowest BCUT2D eigenvalue weighted by atomic mass is 10.1. The first-order chi connectivity index (χ1) is 8.70. The fraction of sp³-hybridized carbons (Fsp3) is 0.500. The molecule has 98 valence electrons. The maximum atomic E-state index is 13.1. The minimum absolute atomic E-state index is 0.202. The minimum Gasteiger partial charge on any atom is -0.376 e. The number of carbonyl (C=O) groups is 1. The predicted molar refractivity (Wildman–Crippen MR) is 68.6 cm³/mol. The molecule has 4 heteroatoms. The molecule has 2 rings (SSSR count). The Kier molecular flexibility index (Phi) is 4.31. The van der Waals surface area contributed by atoms with E-state index in [9.17, 15) is 9.18 Å². The molecule has 0 saturated carbocycles. The van der Waals surface area contributed by atoms with Gasteiger partial charge in [0.1, 0.15) is 5.82 Å². The molecule has 0 aliphatic carbocycles. The Morgan fingerprint density at radius 3 is 3.00 bits per heavy atom. The first-order valence-corrected chi connectivity index (χ1v) is 6.28. The van der Waals surface area contributed by atoms with Crippen molar-refractivity contribution in [3.05, 3.63) is 29.6 Å². The van der Waals surface area contributed by atoms with E-state index < -0.39 is 0 Å². The van der Waals surface area contributed by atoms with Crippen LogP contribution in [0.4, 0.5) is 10.1 Å². The fourth-order valence-electron chi connectivity index (χ4n) is 2.32. The molecule has 0 amide bonds. The van der Waals surface area contributed by atoms with Gasteiger partial charge in [-0.2, -0.15) is 0 Å². The number of nitrogens with zero attached hydrogens (tertiary/aromatic N) is 1. The monoisotopic (exact) mass is 251 g/mol. The molecule has 0 spiro atoms. The Bertz CT molecular complexity index is 416. The first kappa shape index (κ1) is 13.0. The van der Waals surface area contributed by atoms with Crippen LogP contribution >= 0.6 is 0 Å². The summed E-state index contributed by atoms with van der Waals surface area (Å²) in [6.45, 7) is 1.54. The van der Waals surface area contributed by atoms with Gasteiger partial charge in [-0.05, 0) is 37.5 Å². The van der Waals surface area contributed by atoms with Gasteiger partial charge >= 0.3 is 0 Å². The second-order valence-electron chi connectivity index (χ2n) is 4.69. The summed E-state index contributed by atoms with van der Waals surface area (Å²) >= 11 is 0. The van der Waals surface area contributed by atoms with E-state index in [4.69, 9.17) is 4.74 Å². The third kappa shape index (κ3) is 3.07. The Labute approximate surface area is 107 Å². The third-order valence-corrected chi connectivity index (χ3v) is 3.28. The molecule has 1 aromatic rings. The second kappa shape index (κ2) is 5.96. The van der Waals surface area contributed by atoms with E-state index in [-0.39, 0.29) is 11.9 Å². The standard InChI is InChI=1S/C14H18FNO2/c1-16(9-13-4-2-3-7-18-13)14-6-5-12(15)8-11(14)10-17/h5-6,8,10,13H,2-4,7,9H2,1H3. The van der Waals surface area contributed by atoms with Crippen LogP contribution in [0.5, 0.6) is 0 Å². The summed E-state index contributed by atoms with van der Waals surface area (Å²) in [5.74, 6) is -0.386. The van der Waals surface area contributed by atoms with E-state index >= 15 is 0 Å². The van der Waals surface area contributed by atoms with Crippen molar-refractivity contribution in [1.29, 1.82) is 0 Å². The molecule has 0 bridgehead atoms. The lowest BCUT2D eigenvalue weighted by molar-refractivity contribution is 0.0216. The molecule has 0 radical (unpaired) electrons. The molecule has 0 N–H and O–H groups in total. The van der Waals surface area contributed by atoms with Gasteiger partial charge in [-0.15, -0.1) is 0 Å². The largest absolute Gasteiger partial charge is 0.376 e. The van der Waals surface area contributed by atoms with E-state index in [1.54, 1.807) is 6.07 Å². The minimum atomic E-state index is -0.386. The van der Waals surface area contributed by atoms with Gasteiger partial charge in [-0.25, -0.2) is 4.39 Å². The van der Waals surface area contributed by atoms with Gasteiger partial charge in [0.05, 0.1) is 6.10 Å². The van der Waals surface area contributed by atoms with Crippen LogP contribution in [0.15, 0.2) is 18.2 Å². The van der Waals surface area contributed by atoms with Crippen LogP contribution < -0.4 is 4.90 Å². The third-order valence-electron chi connectivity index (χ3n) is 3.28. The van der Waals surface area contributed by atoms with Crippen LogP contribution in [0.3, 0.4) is 0 Å². The van der Waals surface area contributed by atoms with Gasteiger partial charge in [0.25, 0.3) is 0 Å². The molecular formula is C14H18FNO2. The molecule has 1 aliphatic heterocycles. The average Bonchev–Trinajstić information content (AvgIpc) is 2.39. The summed E-state index contributed by atoms with van der Waals surface area (Å²) < 4.78 is 18.7. The molecular weight excluding hydrogens is 233 g/mol. The Morgan fingerprint density at radius 1 is 1.50 bits per heavy atom. The van der Waals surface area contributed by atoms with Crippen molar-refractivity contribution in [3.63, 3.8) is 0 Å². The number of carbonyl (C=O) groups excluding carboxylic acids is 1. The van der Waals surface area contributed by atoms with Gasteiger partial charge in [-0.1, -0.05) is 0 Å². The summed E-state index contributed by atoms with van der Waals surface area (Å²) in [4.78, 5) is 12.9. The highest BCUT2D eigenvalue weighted by Gasteiger charge is 2.17. The second-order valence-corrected chi connectivity index (χ2v) is 4.69. The number of benzene rings is 1. The van der Waals surface area contributed by atoms with Gasteiger partial charge in [-0.3, -0.25) is 4.79 Å². The first-order valence-electron chi connectivity index (χ1n) is 6.28. The summed E-state index contributed by atoms with van der Waals surface area (Å²) in [6.07, 6.45) is 4.24. The number of halogens is 1. The van der Waals surface area contributed by atoms with E-state index in [1.165, 1.54) is 18.6 Å². The average molecular weight is 251 g/mol. The van der Waals surface area contributed by atoms with Crippen molar-refractivity contribution in [2.45, 2.75) is 25.4 Å². The van der Waals surface area contributed by atoms with E-state index in [2.05, 4.69) is 0 Å². The van der Waals surface area contributed by atoms with Crippen molar-refractivity contribution in [3.8, 4) is 0 Å². The number of anilines is 1. The Hall–Kier alpha value is -1.42. The van der Waals surface area contributed by atoms with Crippen LogP contribution in [0.1, 0.15) is 29.6 Å². The summed E-state index contributed by atoms with van der Waals surface area (Å²) in [7, 11) is 1.90. The van der Waals surface area contributed by atoms with Crippen molar-refractivity contribution < 1.29 is 13.9 Å². The molecule has 0 aromatic heterocycles. The molecule has 18 heavy (non-hydrogen) atoms. The van der Waals surface area contributed by atoms with Crippen LogP contribution in [0.25, 0.3) is 0 Å². The van der Waals surface area contributed by atoms with Crippen molar-refractivity contribution in [2.75, 3.05) is 25.1 Å². The van der Waals surface area contributed by atoms with Gasteiger partial charge in [0.15, 0.2) is 6.29 Å². The zero-order valence-corrected chi connectivity index (χ0v) is 10.6. The van der Waals surface area contributed by atoms with Crippen molar-refractivity contribution in [1.82, 2.24) is 0 Å². The quantitative estimate of drug-likeness (QED) is 0.770. The zero-order chi connectivity index (χ0) is 13.0. The predicted octanol–water partition coefficient (Wildman–Crippen LogP) is 2.64. The lowest BCUT2D eigenvalue weighted by Gasteiger charge is -2.29. The van der Waals surface area contributed by atoms with E-state index in [0.717, 1.165) is 31.7 Å². The molecule has 1 fully saturated rings. The van der Waals surface area contributed by atoms with Crippen LogP contribution in [-0.2, 0) is 4.74 Å². The summed E-state index contributed by atoms with van der Waals surface area (Å²) in [5.41, 5.74) is 1.13. The van der Waals surface area contributed by atoms with Crippen LogP contribution in [0.2, 0.25) is 0 Å². The van der Waals surface area contributed by atoms with E-state index in [0.29, 0.717) is 11.8 Å². The summed E-state index contributed by atoms with van der Waals surface area (Å²) in [6, 6.07) is 4.28. The molecule has 3 nitrogen and oxygen atoms in total. The summed E-state index contributed by atoms with van der Waals surface area (Å²) in [5, 5.41) is 0. The number of ether oxygens (including phenoxy) is 1. The smallest absolute Gasteiger partial charge is 0.152 e. The highest BCUT2D eigenvalue weighted by molar-refractivity contribution is 5.84. The Balaban J connectivity index is 2.07. The molecule has 1 aliphatic rings. The van der Waals surface area contributed by atoms with Crippen molar-refractivity contribution in [2.24, 2.45) is 0 Å². The highest BCUT2D eigenvalue weighted by atomic mass is 19.1. The molecule has 1 saturated heterocycles. The highest BCUT2D eigenvalue weighted by Crippen LogP contribution is 2.21.